The molecule has 2 amide bonds. The first-order valence-corrected chi connectivity index (χ1v) is 11.4. The fourth-order valence-corrected chi connectivity index (χ4v) is 4.21. The van der Waals surface area contributed by atoms with Gasteiger partial charge in [0, 0.05) is 24.8 Å². The molecule has 2 aromatic carbocycles. The van der Waals surface area contributed by atoms with Crippen molar-refractivity contribution in [1.29, 1.82) is 0 Å². The number of benzene rings is 2. The van der Waals surface area contributed by atoms with Crippen LogP contribution >= 0.6 is 0 Å². The van der Waals surface area contributed by atoms with Gasteiger partial charge in [-0.3, -0.25) is 9.59 Å². The van der Waals surface area contributed by atoms with Crippen LogP contribution in [0.1, 0.15) is 44.1 Å². The molecule has 0 aromatic heterocycles. The Morgan fingerprint density at radius 3 is 2.21 bits per heavy atom. The van der Waals surface area contributed by atoms with E-state index in [1.165, 1.54) is 18.6 Å². The van der Waals surface area contributed by atoms with Crippen molar-refractivity contribution in [3.05, 3.63) is 65.5 Å². The Morgan fingerprint density at radius 1 is 0.879 bits per heavy atom. The highest BCUT2D eigenvalue weighted by Gasteiger charge is 2.26. The third kappa shape index (κ3) is 8.44. The molecule has 33 heavy (non-hydrogen) atoms. The van der Waals surface area contributed by atoms with Gasteiger partial charge in [0.25, 0.3) is 0 Å². The largest absolute Gasteiger partial charge is 0.383 e. The summed E-state index contributed by atoms with van der Waals surface area (Å²) in [5.74, 6) is -2.22. The van der Waals surface area contributed by atoms with E-state index in [1.807, 2.05) is 0 Å². The van der Waals surface area contributed by atoms with Crippen LogP contribution in [0.4, 0.5) is 18.9 Å². The molecule has 0 radical (unpaired) electrons. The first kappa shape index (κ1) is 24.6. The van der Waals surface area contributed by atoms with E-state index in [1.54, 1.807) is 12.1 Å². The molecule has 0 bridgehead atoms. The third-order valence-corrected chi connectivity index (χ3v) is 5.83. The average molecular weight is 462 g/mol. The van der Waals surface area contributed by atoms with E-state index < -0.39 is 23.6 Å². The number of carbonyl (C=O) groups is 2. The minimum Gasteiger partial charge on any atom is -0.383 e. The smallest absolute Gasteiger partial charge is 0.242 e. The lowest BCUT2D eigenvalue weighted by molar-refractivity contribution is -0.129. The Bertz CT molecular complexity index is 911. The number of nitrogens with one attached hydrogen (secondary N) is 3. The fraction of sp³-hybridized carbons (Fsp3) is 0.440. The van der Waals surface area contributed by atoms with Crippen LogP contribution in [0.3, 0.4) is 0 Å². The molecule has 178 valence electrons. The van der Waals surface area contributed by atoms with Crippen molar-refractivity contribution < 1.29 is 22.8 Å². The molecule has 0 saturated heterocycles. The van der Waals surface area contributed by atoms with Gasteiger partial charge in [0.15, 0.2) is 0 Å². The summed E-state index contributed by atoms with van der Waals surface area (Å²) in [5.41, 5.74) is 0.949. The highest BCUT2D eigenvalue weighted by Crippen LogP contribution is 2.27. The monoisotopic (exact) mass is 461 g/mol. The lowest BCUT2D eigenvalue weighted by atomic mass is 9.84. The normalized spacial score (nSPS) is 15.0. The lowest BCUT2D eigenvalue weighted by Crippen LogP contribution is -2.49. The highest BCUT2D eigenvalue weighted by molar-refractivity contribution is 5.88. The highest BCUT2D eigenvalue weighted by atomic mass is 19.1. The van der Waals surface area contributed by atoms with E-state index in [-0.39, 0.29) is 23.7 Å². The van der Waals surface area contributed by atoms with Crippen LogP contribution < -0.4 is 16.0 Å². The van der Waals surface area contributed by atoms with E-state index >= 15 is 0 Å². The molecule has 1 aliphatic carbocycles. The summed E-state index contributed by atoms with van der Waals surface area (Å²) >= 11 is 0. The topological polar surface area (TPSA) is 70.2 Å². The van der Waals surface area contributed by atoms with Crippen molar-refractivity contribution in [3.8, 4) is 0 Å². The first-order chi connectivity index (χ1) is 15.9. The molecule has 0 spiro atoms. The van der Waals surface area contributed by atoms with Crippen LogP contribution in [-0.2, 0) is 16.0 Å². The summed E-state index contributed by atoms with van der Waals surface area (Å²) in [6, 6.07) is 8.17. The van der Waals surface area contributed by atoms with Gasteiger partial charge in [0.1, 0.15) is 23.5 Å². The number of anilines is 1. The maximum atomic E-state index is 13.4. The molecule has 1 atom stereocenters. The summed E-state index contributed by atoms with van der Waals surface area (Å²) in [6.07, 6.45) is 5.74. The molecule has 5 nitrogen and oxygen atoms in total. The molecule has 0 heterocycles. The number of hydrogen-bond acceptors (Lipinski definition) is 3. The average Bonchev–Trinajstić information content (AvgIpc) is 2.77. The van der Waals surface area contributed by atoms with Crippen LogP contribution in [-0.4, -0.2) is 30.9 Å². The van der Waals surface area contributed by atoms with Gasteiger partial charge >= 0.3 is 0 Å². The Labute approximate surface area is 192 Å². The minimum absolute atomic E-state index is 0.213. The van der Waals surface area contributed by atoms with Crippen LogP contribution in [0, 0.1) is 23.4 Å². The number of carbonyl (C=O) groups excluding carboxylic acids is 2. The molecular weight excluding hydrogens is 431 g/mol. The zero-order chi connectivity index (χ0) is 23.6. The fourth-order valence-electron chi connectivity index (χ4n) is 4.21. The second-order valence-corrected chi connectivity index (χ2v) is 8.54. The van der Waals surface area contributed by atoms with E-state index in [0.29, 0.717) is 25.4 Å². The van der Waals surface area contributed by atoms with Crippen molar-refractivity contribution in [1.82, 2.24) is 10.6 Å². The van der Waals surface area contributed by atoms with E-state index in [9.17, 15) is 22.8 Å². The lowest BCUT2D eigenvalue weighted by Gasteiger charge is -2.26. The number of rotatable bonds is 10. The molecule has 0 aliphatic heterocycles. The van der Waals surface area contributed by atoms with Gasteiger partial charge in [-0.25, -0.2) is 13.2 Å². The molecule has 2 aromatic rings. The van der Waals surface area contributed by atoms with Crippen LogP contribution in [0.15, 0.2) is 42.5 Å². The summed E-state index contributed by atoms with van der Waals surface area (Å²) in [7, 11) is 0. The van der Waals surface area contributed by atoms with Gasteiger partial charge in [-0.2, -0.15) is 0 Å². The van der Waals surface area contributed by atoms with E-state index in [2.05, 4.69) is 16.0 Å². The van der Waals surface area contributed by atoms with Gasteiger partial charge in [-0.15, -0.1) is 0 Å². The zero-order valence-electron chi connectivity index (χ0n) is 18.5. The third-order valence-electron chi connectivity index (χ3n) is 5.83. The summed E-state index contributed by atoms with van der Waals surface area (Å²) in [6.45, 7) is 0.756. The molecule has 3 N–H and O–H groups in total. The maximum Gasteiger partial charge on any atom is 0.242 e. The summed E-state index contributed by atoms with van der Waals surface area (Å²) in [4.78, 5) is 25.4. The summed E-state index contributed by atoms with van der Waals surface area (Å²) < 4.78 is 39.9. The molecule has 1 fully saturated rings. The molecular formula is C25H30F3N3O2. The zero-order valence-corrected chi connectivity index (χ0v) is 18.5. The Hall–Kier alpha value is -3.03. The molecule has 1 unspecified atom stereocenters. The van der Waals surface area contributed by atoms with Crippen molar-refractivity contribution in [2.24, 2.45) is 5.92 Å². The standard InChI is InChI=1S/C25H30F3N3O2/c26-19-6-8-22(9-7-19)29-10-11-30-25(33)23(14-17-4-2-1-3-5-17)31-24(32)15-18-12-20(27)16-21(28)13-18/h6-9,12-13,16-17,23,29H,1-5,10-11,14-15H2,(H,30,33)(H,31,32). The second-order valence-electron chi connectivity index (χ2n) is 8.54. The Morgan fingerprint density at radius 2 is 1.55 bits per heavy atom. The van der Waals surface area contributed by atoms with Crippen molar-refractivity contribution >= 4 is 17.5 Å². The molecule has 8 heteroatoms. The van der Waals surface area contributed by atoms with E-state index in [4.69, 9.17) is 0 Å². The minimum atomic E-state index is -0.747. The Kier molecular flexibility index (Phi) is 9.15. The van der Waals surface area contributed by atoms with Gasteiger partial charge in [-0.1, -0.05) is 32.1 Å². The van der Waals surface area contributed by atoms with Gasteiger partial charge < -0.3 is 16.0 Å². The van der Waals surface area contributed by atoms with Crippen LogP contribution in [0.25, 0.3) is 0 Å². The Balaban J connectivity index is 1.54. The van der Waals surface area contributed by atoms with Crippen molar-refractivity contribution in [3.63, 3.8) is 0 Å². The molecule has 1 saturated carbocycles. The second kappa shape index (κ2) is 12.3. The molecule has 3 rings (SSSR count). The number of hydrogen-bond donors (Lipinski definition) is 3. The predicted octanol–water partition coefficient (Wildman–Crippen LogP) is 4.33. The van der Waals surface area contributed by atoms with E-state index in [0.717, 1.165) is 49.6 Å². The van der Waals surface area contributed by atoms with Gasteiger partial charge in [0.2, 0.25) is 11.8 Å². The summed E-state index contributed by atoms with van der Waals surface area (Å²) in [5, 5.41) is 8.68. The van der Waals surface area contributed by atoms with Gasteiger partial charge in [0.05, 0.1) is 6.42 Å². The van der Waals surface area contributed by atoms with Gasteiger partial charge in [-0.05, 0) is 54.3 Å². The molecule has 1 aliphatic rings. The van der Waals surface area contributed by atoms with Crippen molar-refractivity contribution in [2.45, 2.75) is 51.0 Å². The number of halogens is 3. The number of amides is 2. The maximum absolute atomic E-state index is 13.4. The quantitative estimate of drug-likeness (QED) is 0.462. The van der Waals surface area contributed by atoms with Crippen LogP contribution in [0.5, 0.6) is 0 Å². The SMILES string of the molecule is O=C(Cc1cc(F)cc(F)c1)NC(CC1CCCCC1)C(=O)NCCNc1ccc(F)cc1. The van der Waals surface area contributed by atoms with Crippen LogP contribution in [0.2, 0.25) is 0 Å². The predicted molar refractivity (Wildman–Crippen MR) is 121 cm³/mol. The van der Waals surface area contributed by atoms with Crippen molar-refractivity contribution in [2.75, 3.05) is 18.4 Å². The first-order valence-electron chi connectivity index (χ1n) is 11.4.